The molecule has 1 fully saturated rings. The Labute approximate surface area is 243 Å². The molecule has 0 unspecified atom stereocenters. The van der Waals surface area contributed by atoms with Crippen molar-refractivity contribution < 1.29 is 18.7 Å². The van der Waals surface area contributed by atoms with Gasteiger partial charge in [-0.05, 0) is 18.8 Å². The lowest BCUT2D eigenvalue weighted by Crippen LogP contribution is -2.55. The number of aromatic nitrogens is 3. The van der Waals surface area contributed by atoms with E-state index in [1.807, 2.05) is 16.7 Å². The summed E-state index contributed by atoms with van der Waals surface area (Å²) in [6.45, 7) is 16.3. The number of anilines is 1. The molecule has 2 aromatic rings. The molecule has 2 aromatic heterocycles. The first-order valence-electron chi connectivity index (χ1n) is 14.8. The van der Waals surface area contributed by atoms with Crippen LogP contribution in [0.25, 0.3) is 0 Å². The molecule has 11 nitrogen and oxygen atoms in total. The van der Waals surface area contributed by atoms with Crippen molar-refractivity contribution >= 4 is 17.6 Å². The first-order valence-corrected chi connectivity index (χ1v) is 14.8. The third-order valence-electron chi connectivity index (χ3n) is 7.60. The van der Waals surface area contributed by atoms with Crippen LogP contribution in [0.4, 0.5) is 5.82 Å². The van der Waals surface area contributed by atoms with Crippen LogP contribution in [-0.2, 0) is 27.9 Å². The summed E-state index contributed by atoms with van der Waals surface area (Å²) in [5.74, 6) is 2.64. The number of methoxy groups -OCH3 is 1. The number of rotatable bonds is 10. The maximum Gasteiger partial charge on any atom is 0.259 e. The van der Waals surface area contributed by atoms with Crippen LogP contribution in [0.2, 0.25) is 0 Å². The molecule has 41 heavy (non-hydrogen) atoms. The molecule has 0 aromatic carbocycles. The molecule has 2 amide bonds. The number of nitrogens with one attached hydrogen (secondary N) is 2. The molecule has 2 atom stereocenters. The van der Waals surface area contributed by atoms with Crippen molar-refractivity contribution in [2.75, 3.05) is 51.8 Å². The first kappa shape index (κ1) is 30.9. The van der Waals surface area contributed by atoms with Crippen LogP contribution in [0.1, 0.15) is 81.0 Å². The Morgan fingerprint density at radius 3 is 2.76 bits per heavy atom. The minimum atomic E-state index is -0.261. The van der Waals surface area contributed by atoms with Crippen molar-refractivity contribution in [2.45, 2.75) is 78.8 Å². The number of amides is 2. The molecular formula is C30H47N7O4. The normalized spacial score (nSPS) is 19.3. The van der Waals surface area contributed by atoms with Gasteiger partial charge in [0.1, 0.15) is 23.0 Å². The summed E-state index contributed by atoms with van der Waals surface area (Å²) in [5.41, 5.74) is 1.14. The van der Waals surface area contributed by atoms with E-state index in [1.54, 1.807) is 13.3 Å². The molecule has 1 saturated heterocycles. The van der Waals surface area contributed by atoms with Crippen LogP contribution < -0.4 is 10.6 Å². The van der Waals surface area contributed by atoms with E-state index in [0.717, 1.165) is 17.9 Å². The Kier molecular flexibility index (Phi) is 10.0. The van der Waals surface area contributed by atoms with Gasteiger partial charge >= 0.3 is 0 Å². The second-order valence-corrected chi connectivity index (χ2v) is 12.7. The first-order chi connectivity index (χ1) is 19.5. The minimum absolute atomic E-state index is 0.0946. The highest BCUT2D eigenvalue weighted by Crippen LogP contribution is 2.27. The van der Waals surface area contributed by atoms with E-state index in [4.69, 9.17) is 14.1 Å². The lowest BCUT2D eigenvalue weighted by atomic mass is 9.91. The number of hydrogen-bond donors (Lipinski definition) is 2. The number of nitrogens with zero attached hydrogens (tertiary/aromatic N) is 5. The van der Waals surface area contributed by atoms with E-state index in [9.17, 15) is 9.59 Å². The summed E-state index contributed by atoms with van der Waals surface area (Å²) in [6.07, 6.45) is 3.74. The van der Waals surface area contributed by atoms with Gasteiger partial charge in [-0.3, -0.25) is 9.59 Å². The fraction of sp³-hybridized carbons (Fsp3) is 0.700. The largest absolute Gasteiger partial charge is 0.444 e. The highest BCUT2D eigenvalue weighted by atomic mass is 16.5. The summed E-state index contributed by atoms with van der Waals surface area (Å²) in [5, 5.41) is 6.81. The predicted molar refractivity (Wildman–Crippen MR) is 157 cm³/mol. The SMILES string of the molecule is COCCCNc1nc(C(C)(C)C)ncc1C(=O)N(CC(C)C)[C@@H]1CNC[C@H](C(=O)N2CCc3nc(C)oc3C2)C1. The Hall–Kier alpha value is -3.05. The van der Waals surface area contributed by atoms with E-state index >= 15 is 0 Å². The molecule has 4 rings (SSSR count). The predicted octanol–water partition coefficient (Wildman–Crippen LogP) is 3.18. The number of fused-ring (bicyclic) bond motifs is 1. The van der Waals surface area contributed by atoms with Gasteiger partial charge in [-0.2, -0.15) is 0 Å². The zero-order chi connectivity index (χ0) is 29.7. The number of piperidine rings is 1. The number of carbonyl (C=O) groups is 2. The van der Waals surface area contributed by atoms with Crippen molar-refractivity contribution in [1.29, 1.82) is 0 Å². The van der Waals surface area contributed by atoms with Crippen molar-refractivity contribution in [2.24, 2.45) is 11.8 Å². The second-order valence-electron chi connectivity index (χ2n) is 12.7. The average molecular weight is 570 g/mol. The summed E-state index contributed by atoms with van der Waals surface area (Å²) in [7, 11) is 1.68. The summed E-state index contributed by atoms with van der Waals surface area (Å²) >= 11 is 0. The zero-order valence-corrected chi connectivity index (χ0v) is 25.7. The molecular weight excluding hydrogens is 522 g/mol. The molecule has 0 saturated carbocycles. The monoisotopic (exact) mass is 569 g/mol. The number of aryl methyl sites for hydroxylation is 1. The molecule has 4 heterocycles. The molecule has 0 radical (unpaired) electrons. The third kappa shape index (κ3) is 7.62. The zero-order valence-electron chi connectivity index (χ0n) is 25.7. The summed E-state index contributed by atoms with van der Waals surface area (Å²) in [4.78, 5) is 45.5. The van der Waals surface area contributed by atoms with Gasteiger partial charge in [0.05, 0.1) is 18.2 Å². The Morgan fingerprint density at radius 1 is 1.27 bits per heavy atom. The van der Waals surface area contributed by atoms with Crippen LogP contribution in [0.3, 0.4) is 0 Å². The quantitative estimate of drug-likeness (QED) is 0.415. The average Bonchev–Trinajstić information content (AvgIpc) is 3.32. The van der Waals surface area contributed by atoms with Gasteiger partial charge in [-0.25, -0.2) is 15.0 Å². The third-order valence-corrected chi connectivity index (χ3v) is 7.60. The van der Waals surface area contributed by atoms with E-state index in [0.29, 0.717) is 81.8 Å². The van der Waals surface area contributed by atoms with Crippen LogP contribution in [0, 0.1) is 18.8 Å². The summed E-state index contributed by atoms with van der Waals surface area (Å²) < 4.78 is 10.9. The number of hydrogen-bond acceptors (Lipinski definition) is 9. The van der Waals surface area contributed by atoms with Gasteiger partial charge in [-0.1, -0.05) is 34.6 Å². The van der Waals surface area contributed by atoms with Crippen LogP contribution in [0.5, 0.6) is 0 Å². The van der Waals surface area contributed by atoms with E-state index in [2.05, 4.69) is 55.2 Å². The van der Waals surface area contributed by atoms with Crippen LogP contribution in [-0.4, -0.2) is 89.0 Å². The van der Waals surface area contributed by atoms with Crippen molar-refractivity contribution in [3.8, 4) is 0 Å². The van der Waals surface area contributed by atoms with E-state index in [-0.39, 0.29) is 35.1 Å². The Morgan fingerprint density at radius 2 is 2.05 bits per heavy atom. The van der Waals surface area contributed by atoms with Gasteiger partial charge in [-0.15, -0.1) is 0 Å². The lowest BCUT2D eigenvalue weighted by Gasteiger charge is -2.40. The molecule has 2 N–H and O–H groups in total. The highest BCUT2D eigenvalue weighted by Gasteiger charge is 2.37. The molecule has 0 aliphatic carbocycles. The Bertz CT molecular complexity index is 1210. The highest BCUT2D eigenvalue weighted by molar-refractivity contribution is 5.98. The van der Waals surface area contributed by atoms with Gasteiger partial charge in [0, 0.05) is 77.4 Å². The molecule has 0 bridgehead atoms. The minimum Gasteiger partial charge on any atom is -0.444 e. The van der Waals surface area contributed by atoms with Gasteiger partial charge < -0.3 is 29.6 Å². The van der Waals surface area contributed by atoms with Gasteiger partial charge in [0.15, 0.2) is 5.89 Å². The van der Waals surface area contributed by atoms with E-state index < -0.39 is 0 Å². The van der Waals surface area contributed by atoms with Gasteiger partial charge in [0.2, 0.25) is 5.91 Å². The fourth-order valence-electron chi connectivity index (χ4n) is 5.52. The molecule has 0 spiro atoms. The fourth-order valence-corrected chi connectivity index (χ4v) is 5.52. The Balaban J connectivity index is 1.54. The molecule has 2 aliphatic heterocycles. The van der Waals surface area contributed by atoms with Crippen LogP contribution >= 0.6 is 0 Å². The summed E-state index contributed by atoms with van der Waals surface area (Å²) in [6, 6.07) is -0.135. The van der Waals surface area contributed by atoms with Crippen molar-refractivity contribution in [3.05, 3.63) is 34.9 Å². The molecule has 226 valence electrons. The lowest BCUT2D eigenvalue weighted by molar-refractivity contribution is -0.138. The van der Waals surface area contributed by atoms with Crippen LogP contribution in [0.15, 0.2) is 10.6 Å². The molecule has 11 heteroatoms. The van der Waals surface area contributed by atoms with Gasteiger partial charge in [0.25, 0.3) is 5.91 Å². The number of oxazole rings is 1. The second kappa shape index (κ2) is 13.3. The number of ether oxygens (including phenoxy) is 1. The van der Waals surface area contributed by atoms with E-state index in [1.165, 1.54) is 0 Å². The molecule has 2 aliphatic rings. The smallest absolute Gasteiger partial charge is 0.259 e. The standard InChI is InChI=1S/C30H47N7O4/c1-19(2)17-37(28(39)23-16-33-29(30(4,5)6)35-26(23)32-10-8-12-40-7)22-13-21(14-31-15-22)27(38)36-11-9-24-25(18-36)41-20(3)34-24/h16,19,21-22,31H,8-15,17-18H2,1-7H3,(H,32,33,35)/t21-,22+/m1/s1. The van der Waals surface area contributed by atoms with Crippen molar-refractivity contribution in [3.63, 3.8) is 0 Å². The number of carbonyl (C=O) groups excluding carboxylic acids is 2. The van der Waals surface area contributed by atoms with Crippen molar-refractivity contribution in [1.82, 2.24) is 30.1 Å². The maximum absolute atomic E-state index is 14.2. The maximum atomic E-state index is 14.2. The topological polar surface area (TPSA) is 126 Å².